The Hall–Kier alpha value is -0.840. The van der Waals surface area contributed by atoms with E-state index in [9.17, 15) is 0 Å². The Labute approximate surface area is 39.8 Å². The summed E-state index contributed by atoms with van der Waals surface area (Å²) >= 11 is 0. The molecular weight excluding hydrogens is 96.0 g/mol. The van der Waals surface area contributed by atoms with Crippen molar-refractivity contribution < 1.29 is 5.11 Å². The van der Waals surface area contributed by atoms with Gasteiger partial charge in [0.2, 0.25) is 0 Å². The molecule has 0 bridgehead atoms. The topological polar surface area (TPSA) is 69.7 Å². The molecule has 0 amide bonds. The zero-order chi connectivity index (χ0) is 5.33. The van der Waals surface area contributed by atoms with Crippen molar-refractivity contribution in [3.63, 3.8) is 0 Å². The van der Waals surface area contributed by atoms with Crippen molar-refractivity contribution in [1.29, 1.82) is 0 Å². The van der Waals surface area contributed by atoms with Crippen molar-refractivity contribution in [2.45, 2.75) is 12.8 Å². The Balaban J connectivity index is 2.77. The molecule has 0 spiro atoms. The summed E-state index contributed by atoms with van der Waals surface area (Å²) in [5.74, 6) is -1.39. The van der Waals surface area contributed by atoms with Gasteiger partial charge < -0.3 is 5.11 Å². The molecule has 0 saturated heterocycles. The van der Waals surface area contributed by atoms with Crippen LogP contribution in [-0.4, -0.2) is 11.0 Å². The minimum absolute atomic E-state index is 1.39. The van der Waals surface area contributed by atoms with E-state index in [0.29, 0.717) is 0 Å². The van der Waals surface area contributed by atoms with Crippen LogP contribution in [-0.2, 0) is 0 Å². The van der Waals surface area contributed by atoms with E-state index in [0.717, 1.165) is 0 Å². The molecule has 0 radical (unpaired) electrons. The molecule has 0 atom stereocenters. The Morgan fingerprint density at radius 3 is 1.86 bits per heavy atom. The number of hydrogen-bond acceptors (Lipinski definition) is 5. The second-order valence-corrected chi connectivity index (χ2v) is 1.35. The van der Waals surface area contributed by atoms with Gasteiger partial charge in [-0.05, 0) is 10.4 Å². The maximum absolute atomic E-state index is 8.67. The van der Waals surface area contributed by atoms with E-state index in [1.165, 1.54) is 6.92 Å². The van der Waals surface area contributed by atoms with E-state index in [1.807, 2.05) is 0 Å². The quantitative estimate of drug-likeness (QED) is 0.472. The number of rotatable bonds is 0. The third kappa shape index (κ3) is 0.774. The van der Waals surface area contributed by atoms with Gasteiger partial charge in [0.15, 0.2) is 0 Å². The van der Waals surface area contributed by atoms with Crippen LogP contribution in [0.4, 0.5) is 0 Å². The first-order chi connectivity index (χ1) is 3.21. The molecule has 0 fully saturated rings. The first-order valence-corrected chi connectivity index (χ1v) is 1.77. The van der Waals surface area contributed by atoms with E-state index in [4.69, 9.17) is 5.11 Å². The van der Waals surface area contributed by atoms with Gasteiger partial charge in [0, 0.05) is 6.92 Å². The lowest BCUT2D eigenvalue weighted by Gasteiger charge is -1.99. The summed E-state index contributed by atoms with van der Waals surface area (Å²) in [5.41, 5.74) is 0. The third-order valence-electron chi connectivity index (χ3n) is 0.508. The standard InChI is InChI=1S/C2H4N4O/c1-2(7)3-5-6-4-2/h7H,1H3. The van der Waals surface area contributed by atoms with Gasteiger partial charge in [0.25, 0.3) is 5.85 Å². The predicted octanol–water partition coefficient (Wildman–Crippen LogP) is 0.485. The predicted molar refractivity (Wildman–Crippen MR) is 20.3 cm³/mol. The van der Waals surface area contributed by atoms with Crippen LogP contribution in [0.15, 0.2) is 20.7 Å². The molecule has 5 nitrogen and oxygen atoms in total. The van der Waals surface area contributed by atoms with Gasteiger partial charge in [0.05, 0.1) is 0 Å². The highest BCUT2D eigenvalue weighted by molar-refractivity contribution is 4.61. The van der Waals surface area contributed by atoms with E-state index in [2.05, 4.69) is 20.7 Å². The summed E-state index contributed by atoms with van der Waals surface area (Å²) < 4.78 is 0. The van der Waals surface area contributed by atoms with E-state index in [1.54, 1.807) is 0 Å². The molecule has 1 N–H and O–H groups in total. The van der Waals surface area contributed by atoms with Crippen LogP contribution < -0.4 is 0 Å². The Bertz CT molecular complexity index is 112. The molecule has 1 heterocycles. The summed E-state index contributed by atoms with van der Waals surface area (Å²) in [6, 6.07) is 0. The maximum Gasteiger partial charge on any atom is 0.292 e. The van der Waals surface area contributed by atoms with Crippen molar-refractivity contribution in [2.24, 2.45) is 20.7 Å². The van der Waals surface area contributed by atoms with Crippen molar-refractivity contribution in [3.8, 4) is 0 Å². The Morgan fingerprint density at radius 2 is 1.71 bits per heavy atom. The highest BCUT2D eigenvalue weighted by atomic mass is 16.3. The first-order valence-electron chi connectivity index (χ1n) is 1.77. The molecule has 1 aliphatic rings. The lowest BCUT2D eigenvalue weighted by Crippen LogP contribution is -2.12. The summed E-state index contributed by atoms with van der Waals surface area (Å²) in [7, 11) is 0. The summed E-state index contributed by atoms with van der Waals surface area (Å²) in [5, 5.41) is 21.2. The zero-order valence-electron chi connectivity index (χ0n) is 3.74. The van der Waals surface area contributed by atoms with Crippen LogP contribution in [0, 0.1) is 0 Å². The summed E-state index contributed by atoms with van der Waals surface area (Å²) in [6.07, 6.45) is 0. The molecular formula is C2H4N4O. The van der Waals surface area contributed by atoms with Gasteiger partial charge in [-0.2, -0.15) is 0 Å². The monoisotopic (exact) mass is 100 g/mol. The van der Waals surface area contributed by atoms with Gasteiger partial charge in [-0.15, -0.1) is 10.2 Å². The molecule has 0 aliphatic carbocycles. The van der Waals surface area contributed by atoms with Crippen molar-refractivity contribution in [1.82, 2.24) is 0 Å². The van der Waals surface area contributed by atoms with Crippen LogP contribution in [0.25, 0.3) is 0 Å². The summed E-state index contributed by atoms with van der Waals surface area (Å²) in [6.45, 7) is 1.40. The summed E-state index contributed by atoms with van der Waals surface area (Å²) in [4.78, 5) is 0. The number of aliphatic hydroxyl groups is 1. The fourth-order valence-electron chi connectivity index (χ4n) is 0.229. The van der Waals surface area contributed by atoms with E-state index < -0.39 is 5.85 Å². The maximum atomic E-state index is 8.67. The average Bonchev–Trinajstić information content (AvgIpc) is 1.84. The second kappa shape index (κ2) is 1.06. The van der Waals surface area contributed by atoms with Gasteiger partial charge in [-0.3, -0.25) is 0 Å². The third-order valence-corrected chi connectivity index (χ3v) is 0.508. The molecule has 38 valence electrons. The van der Waals surface area contributed by atoms with Gasteiger partial charge in [-0.1, -0.05) is 0 Å². The SMILES string of the molecule is CC1(O)N=NN=N1. The molecule has 0 aromatic heterocycles. The molecule has 7 heavy (non-hydrogen) atoms. The molecule has 0 aromatic carbocycles. The van der Waals surface area contributed by atoms with Gasteiger partial charge >= 0.3 is 0 Å². The minimum atomic E-state index is -1.39. The molecule has 1 rings (SSSR count). The average molecular weight is 100 g/mol. The molecule has 5 heteroatoms. The lowest BCUT2D eigenvalue weighted by atomic mass is 10.5. The van der Waals surface area contributed by atoms with Crippen LogP contribution in [0.1, 0.15) is 6.92 Å². The van der Waals surface area contributed by atoms with E-state index >= 15 is 0 Å². The second-order valence-electron chi connectivity index (χ2n) is 1.35. The van der Waals surface area contributed by atoms with Crippen LogP contribution >= 0.6 is 0 Å². The molecule has 1 aliphatic heterocycles. The van der Waals surface area contributed by atoms with Crippen molar-refractivity contribution in [3.05, 3.63) is 0 Å². The zero-order valence-corrected chi connectivity index (χ0v) is 3.74. The van der Waals surface area contributed by atoms with Crippen LogP contribution in [0.2, 0.25) is 0 Å². The van der Waals surface area contributed by atoms with Crippen LogP contribution in [0.5, 0.6) is 0 Å². The molecule has 0 saturated carbocycles. The highest BCUT2D eigenvalue weighted by Crippen LogP contribution is 2.13. The largest absolute Gasteiger partial charge is 0.349 e. The molecule has 0 aromatic rings. The number of hydrogen-bond donors (Lipinski definition) is 1. The lowest BCUT2D eigenvalue weighted by molar-refractivity contribution is 0.0766. The van der Waals surface area contributed by atoms with Gasteiger partial charge in [-0.25, -0.2) is 0 Å². The van der Waals surface area contributed by atoms with Crippen LogP contribution in [0.3, 0.4) is 0 Å². The van der Waals surface area contributed by atoms with E-state index in [-0.39, 0.29) is 0 Å². The Morgan fingerprint density at radius 1 is 1.29 bits per heavy atom. The minimum Gasteiger partial charge on any atom is -0.349 e. The normalized spacial score (nSPS) is 23.7. The van der Waals surface area contributed by atoms with Crippen molar-refractivity contribution >= 4 is 0 Å². The molecule has 0 unspecified atom stereocenters. The fraction of sp³-hybridized carbons (Fsp3) is 1.00. The first kappa shape index (κ1) is 4.32. The van der Waals surface area contributed by atoms with Crippen molar-refractivity contribution in [2.75, 3.05) is 0 Å². The number of nitrogens with zero attached hydrogens (tertiary/aromatic N) is 4. The Kier molecular flexibility index (Phi) is 0.657. The highest BCUT2D eigenvalue weighted by Gasteiger charge is 2.20. The van der Waals surface area contributed by atoms with Gasteiger partial charge in [0.1, 0.15) is 0 Å². The fourth-order valence-corrected chi connectivity index (χ4v) is 0.229. The smallest absolute Gasteiger partial charge is 0.292 e.